The Labute approximate surface area is 144 Å². The van der Waals surface area contributed by atoms with Crippen LogP contribution in [0.5, 0.6) is 0 Å². The third-order valence-electron chi connectivity index (χ3n) is 4.13. The highest BCUT2D eigenvalue weighted by atomic mass is 16.6. The second-order valence-corrected chi connectivity index (χ2v) is 5.77. The number of hydrogen-bond donors (Lipinski definition) is 0. The quantitative estimate of drug-likeness (QED) is 0.457. The second-order valence-electron chi connectivity index (χ2n) is 5.77. The molecule has 25 heavy (non-hydrogen) atoms. The maximum Gasteiger partial charge on any atom is 0.287 e. The molecule has 0 aliphatic carbocycles. The zero-order chi connectivity index (χ0) is 18.6. The monoisotopic (exact) mass is 339 g/mol. The SMILES string of the molecule is CC[C@@H](C)c1ccc(C(=O)Cn2cc([N+](=O)[O-])cc(C#N)c2=O)cc1. The first kappa shape index (κ1) is 18.1. The van der Waals surface area contributed by atoms with Gasteiger partial charge in [0.1, 0.15) is 11.6 Å². The molecule has 2 aromatic rings. The first-order chi connectivity index (χ1) is 11.9. The molecule has 0 unspecified atom stereocenters. The van der Waals surface area contributed by atoms with Crippen molar-refractivity contribution in [2.75, 3.05) is 0 Å². The van der Waals surface area contributed by atoms with Crippen LogP contribution >= 0.6 is 0 Å². The van der Waals surface area contributed by atoms with Crippen LogP contribution in [-0.4, -0.2) is 15.3 Å². The van der Waals surface area contributed by atoms with Crippen LogP contribution in [0.2, 0.25) is 0 Å². The third kappa shape index (κ3) is 3.98. The molecule has 1 aromatic carbocycles. The van der Waals surface area contributed by atoms with Gasteiger partial charge in [-0.05, 0) is 17.9 Å². The minimum atomic E-state index is -0.724. The fourth-order valence-electron chi connectivity index (χ4n) is 2.40. The molecule has 0 N–H and O–H groups in total. The van der Waals surface area contributed by atoms with E-state index in [9.17, 15) is 19.7 Å². The number of nitriles is 1. The number of pyridine rings is 1. The molecule has 7 nitrogen and oxygen atoms in total. The summed E-state index contributed by atoms with van der Waals surface area (Å²) in [5.41, 5.74) is 0.0187. The number of benzene rings is 1. The van der Waals surface area contributed by atoms with E-state index in [0.717, 1.165) is 28.8 Å². The van der Waals surface area contributed by atoms with Crippen molar-refractivity contribution in [2.45, 2.75) is 32.7 Å². The molecule has 128 valence electrons. The van der Waals surface area contributed by atoms with E-state index in [1.807, 2.05) is 12.1 Å². The molecule has 0 saturated heterocycles. The van der Waals surface area contributed by atoms with Crippen molar-refractivity contribution in [2.24, 2.45) is 0 Å². The predicted molar refractivity (Wildman–Crippen MR) is 91.5 cm³/mol. The van der Waals surface area contributed by atoms with Gasteiger partial charge in [-0.15, -0.1) is 0 Å². The standard InChI is InChI=1S/C18H17N3O4/c1-3-12(2)13-4-6-14(7-5-13)17(22)11-20-10-16(21(24)25)8-15(9-19)18(20)23/h4-8,10,12H,3,11H2,1-2H3/t12-/m1/s1. The predicted octanol–water partition coefficient (Wildman–Crippen LogP) is 3.02. The first-order valence-corrected chi connectivity index (χ1v) is 7.79. The Hall–Kier alpha value is -3.27. The summed E-state index contributed by atoms with van der Waals surface area (Å²) < 4.78 is 0.904. The molecule has 0 aliphatic rings. The Bertz CT molecular complexity index is 907. The number of nitro groups is 1. The van der Waals surface area contributed by atoms with Crippen LogP contribution in [0.15, 0.2) is 41.3 Å². The average molecular weight is 339 g/mol. The summed E-state index contributed by atoms with van der Waals surface area (Å²) in [6.45, 7) is 3.80. The molecular weight excluding hydrogens is 322 g/mol. The third-order valence-corrected chi connectivity index (χ3v) is 4.13. The highest BCUT2D eigenvalue weighted by molar-refractivity contribution is 5.95. The molecule has 1 aromatic heterocycles. The average Bonchev–Trinajstić information content (AvgIpc) is 2.62. The number of carbonyl (C=O) groups is 1. The van der Waals surface area contributed by atoms with E-state index >= 15 is 0 Å². The van der Waals surface area contributed by atoms with Gasteiger partial charge < -0.3 is 0 Å². The van der Waals surface area contributed by atoms with Crippen LogP contribution in [0, 0.1) is 21.4 Å². The number of hydrogen-bond acceptors (Lipinski definition) is 5. The maximum absolute atomic E-state index is 12.4. The minimum Gasteiger partial charge on any atom is -0.300 e. The van der Waals surface area contributed by atoms with Crippen LogP contribution in [-0.2, 0) is 6.54 Å². The lowest BCUT2D eigenvalue weighted by molar-refractivity contribution is -0.385. The van der Waals surface area contributed by atoms with E-state index in [-0.39, 0.29) is 17.9 Å². The summed E-state index contributed by atoms with van der Waals surface area (Å²) in [5.74, 6) is 0.0175. The van der Waals surface area contributed by atoms with Crippen LogP contribution in [0.4, 0.5) is 5.69 Å². The molecule has 0 aliphatic heterocycles. The van der Waals surface area contributed by atoms with Gasteiger partial charge in [-0.1, -0.05) is 38.1 Å². The molecule has 0 fully saturated rings. The van der Waals surface area contributed by atoms with Gasteiger partial charge in [0.15, 0.2) is 5.78 Å². The van der Waals surface area contributed by atoms with E-state index in [1.165, 1.54) is 0 Å². The van der Waals surface area contributed by atoms with Crippen molar-refractivity contribution < 1.29 is 9.72 Å². The zero-order valence-electron chi connectivity index (χ0n) is 13.9. The van der Waals surface area contributed by atoms with Gasteiger partial charge in [-0.25, -0.2) is 0 Å². The molecule has 7 heteroatoms. The molecule has 0 bridgehead atoms. The van der Waals surface area contributed by atoms with Crippen molar-refractivity contribution in [1.82, 2.24) is 4.57 Å². The van der Waals surface area contributed by atoms with Crippen molar-refractivity contribution in [3.05, 3.63) is 73.7 Å². The van der Waals surface area contributed by atoms with Gasteiger partial charge in [0.05, 0.1) is 17.7 Å². The fourth-order valence-corrected chi connectivity index (χ4v) is 2.40. The summed E-state index contributed by atoms with van der Waals surface area (Å²) in [6.07, 6.45) is 1.96. The van der Waals surface area contributed by atoms with Gasteiger partial charge in [0.25, 0.3) is 11.2 Å². The van der Waals surface area contributed by atoms with Gasteiger partial charge in [-0.3, -0.25) is 24.3 Å². The lowest BCUT2D eigenvalue weighted by Crippen LogP contribution is -2.26. The topological polar surface area (TPSA) is 106 Å². The van der Waals surface area contributed by atoms with Gasteiger partial charge in [0.2, 0.25) is 0 Å². The van der Waals surface area contributed by atoms with Crippen molar-refractivity contribution in [1.29, 1.82) is 5.26 Å². The summed E-state index contributed by atoms with van der Waals surface area (Å²) >= 11 is 0. The molecule has 0 spiro atoms. The Morgan fingerprint density at radius 1 is 1.36 bits per heavy atom. The summed E-state index contributed by atoms with van der Waals surface area (Å²) in [4.78, 5) is 34.7. The molecule has 0 radical (unpaired) electrons. The van der Waals surface area contributed by atoms with E-state index in [2.05, 4.69) is 13.8 Å². The molecule has 0 amide bonds. The smallest absolute Gasteiger partial charge is 0.287 e. The molecule has 2 rings (SSSR count). The Kier molecular flexibility index (Phi) is 5.45. The van der Waals surface area contributed by atoms with Crippen LogP contribution in [0.25, 0.3) is 0 Å². The lowest BCUT2D eigenvalue weighted by Gasteiger charge is -2.10. The van der Waals surface area contributed by atoms with Crippen molar-refractivity contribution in [3.8, 4) is 6.07 Å². The number of nitrogens with zero attached hydrogens (tertiary/aromatic N) is 3. The summed E-state index contributed by atoms with van der Waals surface area (Å²) in [6, 6.07) is 9.60. The van der Waals surface area contributed by atoms with Gasteiger partial charge in [-0.2, -0.15) is 5.26 Å². The minimum absolute atomic E-state index is 0.359. The van der Waals surface area contributed by atoms with Crippen molar-refractivity contribution >= 4 is 11.5 Å². The zero-order valence-corrected chi connectivity index (χ0v) is 13.9. The van der Waals surface area contributed by atoms with E-state index in [4.69, 9.17) is 5.26 Å². The molecule has 1 heterocycles. The van der Waals surface area contributed by atoms with Crippen LogP contribution in [0.3, 0.4) is 0 Å². The Balaban J connectivity index is 2.32. The van der Waals surface area contributed by atoms with E-state index < -0.39 is 16.2 Å². The highest BCUT2D eigenvalue weighted by Gasteiger charge is 2.16. The first-order valence-electron chi connectivity index (χ1n) is 7.79. The fraction of sp³-hybridized carbons (Fsp3) is 0.278. The maximum atomic E-state index is 12.4. The molecular formula is C18H17N3O4. The largest absolute Gasteiger partial charge is 0.300 e. The number of carbonyl (C=O) groups excluding carboxylic acids is 1. The van der Waals surface area contributed by atoms with Gasteiger partial charge in [0, 0.05) is 11.6 Å². The Morgan fingerprint density at radius 2 is 2.00 bits per heavy atom. The summed E-state index contributed by atoms with van der Waals surface area (Å²) in [5, 5.41) is 19.8. The number of rotatable bonds is 6. The normalized spacial score (nSPS) is 11.6. The lowest BCUT2D eigenvalue weighted by atomic mass is 9.97. The molecule has 0 saturated carbocycles. The van der Waals surface area contributed by atoms with Gasteiger partial charge >= 0.3 is 0 Å². The van der Waals surface area contributed by atoms with E-state index in [0.29, 0.717) is 11.5 Å². The van der Waals surface area contributed by atoms with Crippen molar-refractivity contribution in [3.63, 3.8) is 0 Å². The Morgan fingerprint density at radius 3 is 2.52 bits per heavy atom. The van der Waals surface area contributed by atoms with E-state index in [1.54, 1.807) is 18.2 Å². The summed E-state index contributed by atoms with van der Waals surface area (Å²) in [7, 11) is 0. The number of aromatic nitrogens is 1. The number of ketones is 1. The molecule has 1 atom stereocenters. The van der Waals surface area contributed by atoms with Crippen LogP contribution in [0.1, 0.15) is 47.7 Å². The number of Topliss-reactive ketones (excluding diaryl/α,β-unsaturated/α-hetero) is 1. The second kappa shape index (κ2) is 7.53. The highest BCUT2D eigenvalue weighted by Crippen LogP contribution is 2.19. The van der Waals surface area contributed by atoms with Crippen LogP contribution < -0.4 is 5.56 Å².